The third-order valence-corrected chi connectivity index (χ3v) is 9.27. The number of hydrogen-bond acceptors (Lipinski definition) is 1. The van der Waals surface area contributed by atoms with Crippen LogP contribution in [0.2, 0.25) is 0 Å². The Kier molecular flexibility index (Phi) is 4.96. The van der Waals surface area contributed by atoms with Gasteiger partial charge < -0.3 is 9.13 Å². The van der Waals surface area contributed by atoms with Gasteiger partial charge in [-0.1, -0.05) is 84.9 Å². The van der Waals surface area contributed by atoms with Gasteiger partial charge in [0.1, 0.15) is 11.8 Å². The van der Waals surface area contributed by atoms with E-state index in [1.165, 1.54) is 54.4 Å². The Morgan fingerprint density at radius 1 is 0.378 bits per heavy atom. The molecule has 0 aliphatic rings. The Hall–Kier alpha value is -6.13. The van der Waals surface area contributed by atoms with Crippen molar-refractivity contribution in [2.45, 2.75) is 0 Å². The van der Waals surface area contributed by atoms with Gasteiger partial charge in [-0.25, -0.2) is 4.98 Å². The molecule has 0 bridgehead atoms. The summed E-state index contributed by atoms with van der Waals surface area (Å²) in [6.45, 7) is 0. The molecule has 0 saturated carbocycles. The van der Waals surface area contributed by atoms with E-state index in [2.05, 4.69) is 159 Å². The number of imidazole rings is 1. The maximum absolute atomic E-state index is 5.02. The molecule has 0 aliphatic carbocycles. The van der Waals surface area contributed by atoms with Crippen LogP contribution in [0.25, 0.3) is 82.5 Å². The summed E-state index contributed by atoms with van der Waals surface area (Å²) in [5.74, 6) is 0. The van der Waals surface area contributed by atoms with E-state index in [0.29, 0.717) is 0 Å². The molecule has 0 spiro atoms. The highest BCUT2D eigenvalue weighted by atomic mass is 15.1. The van der Waals surface area contributed by atoms with Crippen molar-refractivity contribution >= 4 is 65.4 Å². The predicted molar refractivity (Wildman–Crippen MR) is 187 cm³/mol. The maximum Gasteiger partial charge on any atom is 0.113 e. The molecule has 3 aromatic heterocycles. The van der Waals surface area contributed by atoms with Crippen molar-refractivity contribution in [1.29, 1.82) is 0 Å². The topological polar surface area (TPSA) is 27.7 Å². The predicted octanol–water partition coefficient (Wildman–Crippen LogP) is 10.4. The SMILES string of the molecule is c1ccc(-n2cnc3c(-n4c5cc6ccccc6cc5c5cc6c(cc54)c4ccccc4n6-c4ccccc4)cccc32)cc1. The smallest absolute Gasteiger partial charge is 0.113 e. The number of nitrogens with zero attached hydrogens (tertiary/aromatic N) is 4. The number of benzene rings is 7. The normalized spacial score (nSPS) is 12.0. The Bertz CT molecular complexity index is 2750. The second-order valence-corrected chi connectivity index (χ2v) is 11.7. The largest absolute Gasteiger partial charge is 0.309 e. The van der Waals surface area contributed by atoms with E-state index in [1.54, 1.807) is 0 Å². The van der Waals surface area contributed by atoms with Gasteiger partial charge in [-0.2, -0.15) is 0 Å². The van der Waals surface area contributed by atoms with Crippen molar-refractivity contribution < 1.29 is 0 Å². The average molecular weight is 575 g/mol. The van der Waals surface area contributed by atoms with Gasteiger partial charge in [-0.15, -0.1) is 0 Å². The minimum Gasteiger partial charge on any atom is -0.309 e. The molecule has 0 unspecified atom stereocenters. The Morgan fingerprint density at radius 2 is 0.956 bits per heavy atom. The zero-order chi connectivity index (χ0) is 29.5. The van der Waals surface area contributed by atoms with Crippen molar-refractivity contribution in [3.05, 3.63) is 158 Å². The van der Waals surface area contributed by atoms with Gasteiger partial charge in [-0.3, -0.25) is 4.57 Å². The molecule has 0 amide bonds. The third-order valence-electron chi connectivity index (χ3n) is 9.27. The summed E-state index contributed by atoms with van der Waals surface area (Å²) >= 11 is 0. The molecule has 10 rings (SSSR count). The Balaban J connectivity index is 1.37. The molecule has 0 N–H and O–H groups in total. The lowest BCUT2D eigenvalue weighted by molar-refractivity contribution is 1.09. The molecule has 210 valence electrons. The standard InChI is InChI=1S/C41H26N4/c1-3-14-29(15-4-1)43-26-42-41-36(43)20-11-21-37(41)45-38-23-28-13-8-7-12-27(28)22-32(38)34-25-39-33(24-40(34)45)31-18-9-10-19-35(31)44(39)30-16-5-2-6-17-30/h1-26H. The van der Waals surface area contributed by atoms with Crippen molar-refractivity contribution in [2.24, 2.45) is 0 Å². The van der Waals surface area contributed by atoms with E-state index in [1.807, 2.05) is 12.4 Å². The number of aromatic nitrogens is 4. The minimum atomic E-state index is 0.972. The van der Waals surface area contributed by atoms with Crippen molar-refractivity contribution in [3.8, 4) is 17.1 Å². The summed E-state index contributed by atoms with van der Waals surface area (Å²) in [7, 11) is 0. The molecule has 4 nitrogen and oxygen atoms in total. The molecular formula is C41H26N4. The highest BCUT2D eigenvalue weighted by Gasteiger charge is 2.21. The first kappa shape index (κ1) is 24.3. The molecule has 10 aromatic rings. The molecule has 0 aliphatic heterocycles. The fourth-order valence-electron chi connectivity index (χ4n) is 7.28. The first-order valence-electron chi connectivity index (χ1n) is 15.3. The van der Waals surface area contributed by atoms with Crippen LogP contribution in [0.15, 0.2) is 158 Å². The lowest BCUT2D eigenvalue weighted by Crippen LogP contribution is -1.97. The van der Waals surface area contributed by atoms with E-state index in [-0.39, 0.29) is 0 Å². The molecule has 3 heterocycles. The molecule has 4 heteroatoms. The van der Waals surface area contributed by atoms with Gasteiger partial charge in [-0.05, 0) is 77.5 Å². The lowest BCUT2D eigenvalue weighted by atomic mass is 10.0. The van der Waals surface area contributed by atoms with Gasteiger partial charge >= 0.3 is 0 Å². The average Bonchev–Trinajstić information content (AvgIpc) is 3.77. The molecule has 45 heavy (non-hydrogen) atoms. The Morgan fingerprint density at radius 3 is 1.76 bits per heavy atom. The fourth-order valence-corrected chi connectivity index (χ4v) is 7.28. The monoisotopic (exact) mass is 574 g/mol. The van der Waals surface area contributed by atoms with E-state index in [9.17, 15) is 0 Å². The number of fused-ring (bicyclic) bond motifs is 8. The summed E-state index contributed by atoms with van der Waals surface area (Å²) in [5, 5.41) is 7.39. The summed E-state index contributed by atoms with van der Waals surface area (Å²) in [5.41, 5.74) is 10.1. The van der Waals surface area contributed by atoms with Crippen LogP contribution in [0.3, 0.4) is 0 Å². The molecular weight excluding hydrogens is 548 g/mol. The van der Waals surface area contributed by atoms with E-state index in [4.69, 9.17) is 4.98 Å². The van der Waals surface area contributed by atoms with E-state index >= 15 is 0 Å². The third kappa shape index (κ3) is 3.45. The Labute approximate surface area is 258 Å². The first-order valence-corrected chi connectivity index (χ1v) is 15.3. The summed E-state index contributed by atoms with van der Waals surface area (Å²) in [6, 6.07) is 54.5. The van der Waals surface area contributed by atoms with Crippen LogP contribution in [0.4, 0.5) is 0 Å². The van der Waals surface area contributed by atoms with Crippen LogP contribution in [0.5, 0.6) is 0 Å². The van der Waals surface area contributed by atoms with E-state index < -0.39 is 0 Å². The van der Waals surface area contributed by atoms with Crippen molar-refractivity contribution in [3.63, 3.8) is 0 Å². The van der Waals surface area contributed by atoms with Gasteiger partial charge in [0.25, 0.3) is 0 Å². The second kappa shape index (κ2) is 9.18. The minimum absolute atomic E-state index is 0.972. The maximum atomic E-state index is 5.02. The van der Waals surface area contributed by atoms with Crippen molar-refractivity contribution in [1.82, 2.24) is 18.7 Å². The lowest BCUT2D eigenvalue weighted by Gasteiger charge is -2.11. The van der Waals surface area contributed by atoms with Crippen LogP contribution < -0.4 is 0 Å². The molecule has 7 aromatic carbocycles. The summed E-state index contributed by atoms with van der Waals surface area (Å²) < 4.78 is 7.00. The summed E-state index contributed by atoms with van der Waals surface area (Å²) in [4.78, 5) is 5.02. The number of para-hydroxylation sites is 4. The highest BCUT2D eigenvalue weighted by molar-refractivity contribution is 6.21. The van der Waals surface area contributed by atoms with Crippen molar-refractivity contribution in [2.75, 3.05) is 0 Å². The van der Waals surface area contributed by atoms with Crippen LogP contribution in [-0.4, -0.2) is 18.7 Å². The van der Waals surface area contributed by atoms with Gasteiger partial charge in [0.15, 0.2) is 0 Å². The molecule has 0 atom stereocenters. The first-order chi connectivity index (χ1) is 22.3. The van der Waals surface area contributed by atoms with E-state index in [0.717, 1.165) is 28.1 Å². The van der Waals surface area contributed by atoms with Crippen LogP contribution in [0.1, 0.15) is 0 Å². The summed E-state index contributed by atoms with van der Waals surface area (Å²) in [6.07, 6.45) is 1.94. The molecule has 0 radical (unpaired) electrons. The molecule has 0 saturated heterocycles. The zero-order valence-electron chi connectivity index (χ0n) is 24.3. The van der Waals surface area contributed by atoms with Gasteiger partial charge in [0.05, 0.1) is 33.3 Å². The van der Waals surface area contributed by atoms with Crippen LogP contribution in [-0.2, 0) is 0 Å². The highest BCUT2D eigenvalue weighted by Crippen LogP contribution is 2.41. The molecule has 0 fully saturated rings. The number of hydrogen-bond donors (Lipinski definition) is 0. The number of rotatable bonds is 3. The van der Waals surface area contributed by atoms with Gasteiger partial charge in [0, 0.05) is 32.9 Å². The second-order valence-electron chi connectivity index (χ2n) is 11.7. The van der Waals surface area contributed by atoms with Gasteiger partial charge in [0.2, 0.25) is 0 Å². The fraction of sp³-hybridized carbons (Fsp3) is 0. The van der Waals surface area contributed by atoms with Crippen LogP contribution in [0, 0.1) is 0 Å². The quantitative estimate of drug-likeness (QED) is 0.206. The zero-order valence-corrected chi connectivity index (χ0v) is 24.3. The van der Waals surface area contributed by atoms with Crippen LogP contribution >= 0.6 is 0 Å².